The summed E-state index contributed by atoms with van der Waals surface area (Å²) in [4.78, 5) is 18.4. The lowest BCUT2D eigenvalue weighted by Crippen LogP contribution is -2.05. The lowest BCUT2D eigenvalue weighted by Gasteiger charge is -2.21. The highest BCUT2D eigenvalue weighted by Gasteiger charge is 2.20. The van der Waals surface area contributed by atoms with E-state index in [4.69, 9.17) is 4.74 Å². The Morgan fingerprint density at radius 1 is 1.10 bits per heavy atom. The maximum absolute atomic E-state index is 11.2. The van der Waals surface area contributed by atoms with Gasteiger partial charge in [-0.15, -0.1) is 0 Å². The van der Waals surface area contributed by atoms with Crippen molar-refractivity contribution in [2.75, 3.05) is 6.61 Å². The van der Waals surface area contributed by atoms with Gasteiger partial charge < -0.3 is 14.5 Å². The van der Waals surface area contributed by atoms with Crippen molar-refractivity contribution >= 4 is 7.60 Å². The molecule has 1 aromatic rings. The van der Waals surface area contributed by atoms with Crippen LogP contribution in [0.3, 0.4) is 0 Å². The number of rotatable bonds is 6. The van der Waals surface area contributed by atoms with Crippen molar-refractivity contribution in [2.45, 2.75) is 52.6 Å². The highest BCUT2D eigenvalue weighted by Crippen LogP contribution is 2.42. The topological polar surface area (TPSA) is 66.8 Å². The van der Waals surface area contributed by atoms with Crippen molar-refractivity contribution in [1.29, 1.82) is 0 Å². The normalized spacial score (nSPS) is 12.2. The van der Waals surface area contributed by atoms with E-state index in [1.165, 1.54) is 0 Å². The molecule has 1 aromatic carbocycles. The van der Waals surface area contributed by atoms with Gasteiger partial charge >= 0.3 is 7.60 Å². The molecule has 114 valence electrons. The summed E-state index contributed by atoms with van der Waals surface area (Å²) < 4.78 is 17.0. The summed E-state index contributed by atoms with van der Waals surface area (Å²) in [5, 5.41) is 0. The third-order valence-electron chi connectivity index (χ3n) is 3.13. The molecule has 0 aliphatic heterocycles. The average Bonchev–Trinajstić information content (AvgIpc) is 2.28. The van der Waals surface area contributed by atoms with Gasteiger partial charge in [-0.25, -0.2) is 0 Å². The van der Waals surface area contributed by atoms with Crippen molar-refractivity contribution in [3.8, 4) is 5.75 Å². The van der Waals surface area contributed by atoms with Gasteiger partial charge in [0.05, 0.1) is 12.8 Å². The molecule has 0 saturated carbocycles. The van der Waals surface area contributed by atoms with Gasteiger partial charge in [0.2, 0.25) is 0 Å². The predicted octanol–water partition coefficient (Wildman–Crippen LogP) is 4.01. The largest absolute Gasteiger partial charge is 0.493 e. The molecular weight excluding hydrogens is 275 g/mol. The molecule has 0 atom stereocenters. The van der Waals surface area contributed by atoms with Crippen molar-refractivity contribution in [1.82, 2.24) is 0 Å². The van der Waals surface area contributed by atoms with Gasteiger partial charge in [-0.05, 0) is 35.4 Å². The first-order valence-corrected chi connectivity index (χ1v) is 8.79. The number of ether oxygens (including phenoxy) is 1. The summed E-state index contributed by atoms with van der Waals surface area (Å²) in [6.07, 6.45) is -0.223. The summed E-state index contributed by atoms with van der Waals surface area (Å²) in [5.74, 6) is 1.35. The van der Waals surface area contributed by atoms with Crippen LogP contribution in [0.25, 0.3) is 0 Å². The Hall–Kier alpha value is -0.830. The van der Waals surface area contributed by atoms with Gasteiger partial charge in [-0.1, -0.05) is 39.8 Å². The first-order valence-electron chi connectivity index (χ1n) is 6.99. The van der Waals surface area contributed by atoms with Gasteiger partial charge in [0.1, 0.15) is 5.75 Å². The number of hydrogen-bond donors (Lipinski definition) is 2. The maximum Gasteiger partial charge on any atom is 0.329 e. The van der Waals surface area contributed by atoms with Crippen LogP contribution in [-0.4, -0.2) is 16.4 Å². The van der Waals surface area contributed by atoms with E-state index in [2.05, 4.69) is 27.7 Å². The zero-order valence-corrected chi connectivity index (χ0v) is 13.8. The molecule has 0 saturated heterocycles. The molecule has 0 aliphatic rings. The fraction of sp³-hybridized carbons (Fsp3) is 0.600. The molecule has 5 heteroatoms. The van der Waals surface area contributed by atoms with Crippen molar-refractivity contribution in [2.24, 2.45) is 0 Å². The molecule has 0 amide bonds. The fourth-order valence-corrected chi connectivity index (χ4v) is 2.89. The van der Waals surface area contributed by atoms with E-state index in [0.717, 1.165) is 16.9 Å². The minimum absolute atomic E-state index is 0.223. The smallest absolute Gasteiger partial charge is 0.329 e. The second-order valence-corrected chi connectivity index (χ2v) is 7.31. The Bertz CT molecular complexity index is 474. The Morgan fingerprint density at radius 2 is 1.55 bits per heavy atom. The first kappa shape index (κ1) is 17.2. The lowest BCUT2D eigenvalue weighted by atomic mass is 9.92. The zero-order valence-electron chi connectivity index (χ0n) is 12.9. The van der Waals surface area contributed by atoms with Crippen LogP contribution in [0.1, 0.15) is 63.1 Å². The standard InChI is InChI=1S/C15H25O4P/c1-6-19-15-13(10(2)3)7-12(9-20(16,17)18)8-14(15)11(4)5/h7-8,10-11H,6,9H2,1-5H3,(H2,16,17,18). The summed E-state index contributed by atoms with van der Waals surface area (Å²) in [6.45, 7) is 10.8. The van der Waals surface area contributed by atoms with Crippen LogP contribution in [0.4, 0.5) is 0 Å². The van der Waals surface area contributed by atoms with Crippen LogP contribution in [0.2, 0.25) is 0 Å². The van der Waals surface area contributed by atoms with Crippen LogP contribution in [-0.2, 0) is 10.7 Å². The molecule has 0 heterocycles. The molecule has 0 fully saturated rings. The van der Waals surface area contributed by atoms with E-state index in [1.54, 1.807) is 0 Å². The summed E-state index contributed by atoms with van der Waals surface area (Å²) in [7, 11) is -4.06. The van der Waals surface area contributed by atoms with Gasteiger partial charge in [0, 0.05) is 0 Å². The Morgan fingerprint density at radius 3 is 1.85 bits per heavy atom. The predicted molar refractivity (Wildman–Crippen MR) is 81.5 cm³/mol. The molecule has 1 rings (SSSR count). The van der Waals surface area contributed by atoms with Crippen molar-refractivity contribution in [3.63, 3.8) is 0 Å². The van der Waals surface area contributed by atoms with Crippen LogP contribution in [0, 0.1) is 0 Å². The molecule has 2 N–H and O–H groups in total. The van der Waals surface area contributed by atoms with Crippen LogP contribution in [0.15, 0.2) is 12.1 Å². The van der Waals surface area contributed by atoms with Crippen molar-refractivity contribution in [3.05, 3.63) is 28.8 Å². The summed E-state index contributed by atoms with van der Waals surface area (Å²) >= 11 is 0. The molecule has 0 aliphatic carbocycles. The molecular formula is C15H25O4P. The monoisotopic (exact) mass is 300 g/mol. The minimum atomic E-state index is -4.06. The fourth-order valence-electron chi connectivity index (χ4n) is 2.24. The van der Waals surface area contributed by atoms with Crippen LogP contribution in [0.5, 0.6) is 5.75 Å². The molecule has 0 bridgehead atoms. The molecule has 0 aromatic heterocycles. The van der Waals surface area contributed by atoms with Gasteiger partial charge in [0.25, 0.3) is 0 Å². The zero-order chi connectivity index (χ0) is 15.5. The number of hydrogen-bond acceptors (Lipinski definition) is 2. The SMILES string of the molecule is CCOc1c(C(C)C)cc(CP(=O)(O)O)cc1C(C)C. The lowest BCUT2D eigenvalue weighted by molar-refractivity contribution is 0.329. The van der Waals surface area contributed by atoms with E-state index >= 15 is 0 Å². The Labute approximate surface area is 121 Å². The van der Waals surface area contributed by atoms with Crippen LogP contribution >= 0.6 is 7.60 Å². The average molecular weight is 300 g/mol. The van der Waals surface area contributed by atoms with Gasteiger partial charge in [0.15, 0.2) is 0 Å². The summed E-state index contributed by atoms with van der Waals surface area (Å²) in [5.41, 5.74) is 2.71. The quantitative estimate of drug-likeness (QED) is 0.779. The second kappa shape index (κ2) is 6.75. The van der Waals surface area contributed by atoms with E-state index in [-0.39, 0.29) is 18.0 Å². The van der Waals surface area contributed by atoms with Crippen molar-refractivity contribution < 1.29 is 19.1 Å². The molecule has 0 radical (unpaired) electrons. The van der Waals surface area contributed by atoms with E-state index < -0.39 is 7.60 Å². The molecule has 4 nitrogen and oxygen atoms in total. The van der Waals surface area contributed by atoms with E-state index in [1.807, 2.05) is 19.1 Å². The molecule has 0 unspecified atom stereocenters. The highest BCUT2D eigenvalue weighted by molar-refractivity contribution is 7.50. The minimum Gasteiger partial charge on any atom is -0.493 e. The summed E-state index contributed by atoms with van der Waals surface area (Å²) in [6, 6.07) is 3.72. The van der Waals surface area contributed by atoms with Gasteiger partial charge in [-0.3, -0.25) is 4.57 Å². The number of benzene rings is 1. The highest BCUT2D eigenvalue weighted by atomic mass is 31.2. The molecule has 20 heavy (non-hydrogen) atoms. The second-order valence-electron chi connectivity index (χ2n) is 5.67. The van der Waals surface area contributed by atoms with E-state index in [0.29, 0.717) is 12.2 Å². The third kappa shape index (κ3) is 4.62. The Balaban J connectivity index is 3.41. The molecule has 0 spiro atoms. The van der Waals surface area contributed by atoms with Crippen LogP contribution < -0.4 is 4.74 Å². The Kier molecular flexibility index (Phi) is 5.81. The van der Waals surface area contributed by atoms with E-state index in [9.17, 15) is 14.4 Å². The maximum atomic E-state index is 11.2. The third-order valence-corrected chi connectivity index (χ3v) is 3.90. The van der Waals surface area contributed by atoms with Gasteiger partial charge in [-0.2, -0.15) is 0 Å². The first-order chi connectivity index (χ1) is 9.15.